The molecule has 0 fully saturated rings. The predicted molar refractivity (Wildman–Crippen MR) is 76.4 cm³/mol. The standard InChI is InChI=1S/C17H18O2/c1-12-8-6-7-11-15(12)16(17(18)19)13(2)14-9-4-3-5-10-14/h3-11,13,16H,1-2H3,(H,18,19). The molecule has 0 aliphatic carbocycles. The van der Waals surface area contributed by atoms with Gasteiger partial charge in [-0.3, -0.25) is 4.79 Å². The molecule has 0 amide bonds. The Balaban J connectivity index is 2.42. The lowest BCUT2D eigenvalue weighted by Crippen LogP contribution is -2.19. The van der Waals surface area contributed by atoms with Gasteiger partial charge in [0.1, 0.15) is 0 Å². The molecule has 0 saturated heterocycles. The van der Waals surface area contributed by atoms with Crippen molar-refractivity contribution >= 4 is 5.97 Å². The number of hydrogen-bond donors (Lipinski definition) is 1. The Morgan fingerprint density at radius 1 is 1.00 bits per heavy atom. The summed E-state index contributed by atoms with van der Waals surface area (Å²) in [7, 11) is 0. The fraction of sp³-hybridized carbons (Fsp3) is 0.235. The average Bonchev–Trinajstić information content (AvgIpc) is 2.42. The Hall–Kier alpha value is -2.09. The summed E-state index contributed by atoms with van der Waals surface area (Å²) in [6, 6.07) is 17.5. The van der Waals surface area contributed by atoms with Crippen LogP contribution in [0.25, 0.3) is 0 Å². The summed E-state index contributed by atoms with van der Waals surface area (Å²) in [4.78, 5) is 11.7. The maximum Gasteiger partial charge on any atom is 0.311 e. The van der Waals surface area contributed by atoms with E-state index in [9.17, 15) is 9.90 Å². The summed E-state index contributed by atoms with van der Waals surface area (Å²) in [5.74, 6) is -1.34. The van der Waals surface area contributed by atoms with Crippen LogP contribution in [0.15, 0.2) is 54.6 Å². The summed E-state index contributed by atoms with van der Waals surface area (Å²) in [5.41, 5.74) is 2.97. The first-order chi connectivity index (χ1) is 9.11. The normalized spacial score (nSPS) is 13.8. The second-order valence-corrected chi connectivity index (χ2v) is 4.87. The second-order valence-electron chi connectivity index (χ2n) is 4.87. The number of carboxylic acid groups (broad SMARTS) is 1. The lowest BCUT2D eigenvalue weighted by Gasteiger charge is -2.22. The van der Waals surface area contributed by atoms with Crippen LogP contribution in [0.2, 0.25) is 0 Å². The Morgan fingerprint density at radius 2 is 1.58 bits per heavy atom. The monoisotopic (exact) mass is 254 g/mol. The Morgan fingerprint density at radius 3 is 2.16 bits per heavy atom. The molecule has 0 spiro atoms. The molecule has 0 radical (unpaired) electrons. The highest BCUT2D eigenvalue weighted by molar-refractivity contribution is 5.78. The lowest BCUT2D eigenvalue weighted by molar-refractivity contribution is -0.139. The average molecular weight is 254 g/mol. The molecule has 2 aromatic rings. The van der Waals surface area contributed by atoms with Crippen molar-refractivity contribution < 1.29 is 9.90 Å². The third-order valence-electron chi connectivity index (χ3n) is 3.61. The summed E-state index contributed by atoms with van der Waals surface area (Å²) in [5, 5.41) is 9.58. The van der Waals surface area contributed by atoms with Crippen molar-refractivity contribution in [3.63, 3.8) is 0 Å². The molecule has 2 heteroatoms. The highest BCUT2D eigenvalue weighted by Crippen LogP contribution is 2.34. The molecule has 0 bridgehead atoms. The van der Waals surface area contributed by atoms with Gasteiger partial charge in [0.05, 0.1) is 5.92 Å². The molecule has 2 rings (SSSR count). The number of aryl methyl sites for hydroxylation is 1. The number of aliphatic carboxylic acids is 1. The summed E-state index contributed by atoms with van der Waals surface area (Å²) in [6.45, 7) is 3.93. The molecule has 1 N–H and O–H groups in total. The zero-order valence-electron chi connectivity index (χ0n) is 11.2. The number of carboxylic acids is 1. The van der Waals surface area contributed by atoms with Gasteiger partial charge in [0, 0.05) is 0 Å². The first-order valence-corrected chi connectivity index (χ1v) is 6.44. The van der Waals surface area contributed by atoms with E-state index in [2.05, 4.69) is 0 Å². The van der Waals surface area contributed by atoms with Crippen LogP contribution in [-0.2, 0) is 4.79 Å². The van der Waals surface area contributed by atoms with E-state index in [1.165, 1.54) is 0 Å². The first-order valence-electron chi connectivity index (χ1n) is 6.44. The van der Waals surface area contributed by atoms with Crippen LogP contribution in [0.4, 0.5) is 0 Å². The fourth-order valence-corrected chi connectivity index (χ4v) is 2.50. The zero-order chi connectivity index (χ0) is 13.8. The van der Waals surface area contributed by atoms with Gasteiger partial charge in [0.15, 0.2) is 0 Å². The number of rotatable bonds is 4. The van der Waals surface area contributed by atoms with Gasteiger partial charge >= 0.3 is 5.97 Å². The summed E-state index contributed by atoms with van der Waals surface area (Å²) < 4.78 is 0. The Bertz CT molecular complexity index is 560. The van der Waals surface area contributed by atoms with E-state index in [4.69, 9.17) is 0 Å². The van der Waals surface area contributed by atoms with Crippen molar-refractivity contribution in [3.05, 3.63) is 71.3 Å². The van der Waals surface area contributed by atoms with Gasteiger partial charge in [-0.2, -0.15) is 0 Å². The van der Waals surface area contributed by atoms with E-state index >= 15 is 0 Å². The van der Waals surface area contributed by atoms with Crippen molar-refractivity contribution in [3.8, 4) is 0 Å². The van der Waals surface area contributed by atoms with Crippen LogP contribution in [0, 0.1) is 6.92 Å². The molecule has 0 aliphatic heterocycles. The van der Waals surface area contributed by atoms with Gasteiger partial charge in [-0.1, -0.05) is 61.5 Å². The zero-order valence-corrected chi connectivity index (χ0v) is 11.2. The largest absolute Gasteiger partial charge is 0.481 e. The van der Waals surface area contributed by atoms with Crippen LogP contribution in [0.5, 0.6) is 0 Å². The van der Waals surface area contributed by atoms with Gasteiger partial charge in [-0.05, 0) is 29.5 Å². The van der Waals surface area contributed by atoms with Gasteiger partial charge in [0.25, 0.3) is 0 Å². The quantitative estimate of drug-likeness (QED) is 0.896. The molecule has 98 valence electrons. The van der Waals surface area contributed by atoms with Gasteiger partial charge in [-0.25, -0.2) is 0 Å². The van der Waals surface area contributed by atoms with Gasteiger partial charge in [0.2, 0.25) is 0 Å². The minimum atomic E-state index is -0.773. The molecule has 0 saturated carbocycles. The highest BCUT2D eigenvalue weighted by atomic mass is 16.4. The third kappa shape index (κ3) is 2.84. The number of benzene rings is 2. The molecule has 2 atom stereocenters. The van der Waals surface area contributed by atoms with Gasteiger partial charge < -0.3 is 5.11 Å². The minimum Gasteiger partial charge on any atom is -0.481 e. The molecule has 2 aromatic carbocycles. The maximum absolute atomic E-state index is 11.7. The Labute approximate surface area is 113 Å². The molecule has 2 nitrogen and oxygen atoms in total. The Kier molecular flexibility index (Phi) is 4.00. The van der Waals surface area contributed by atoms with E-state index in [0.29, 0.717) is 0 Å². The van der Waals surface area contributed by atoms with Crippen LogP contribution >= 0.6 is 0 Å². The number of carbonyl (C=O) groups is 1. The van der Waals surface area contributed by atoms with Crippen LogP contribution in [-0.4, -0.2) is 11.1 Å². The van der Waals surface area contributed by atoms with Crippen LogP contribution in [0.3, 0.4) is 0 Å². The molecule has 19 heavy (non-hydrogen) atoms. The molecule has 0 aliphatic rings. The minimum absolute atomic E-state index is 0.0557. The predicted octanol–water partition coefficient (Wildman–Crippen LogP) is 3.97. The summed E-state index contributed by atoms with van der Waals surface area (Å²) in [6.07, 6.45) is 0. The van der Waals surface area contributed by atoms with Crippen molar-refractivity contribution in [1.29, 1.82) is 0 Å². The van der Waals surface area contributed by atoms with Crippen molar-refractivity contribution in [2.75, 3.05) is 0 Å². The number of hydrogen-bond acceptors (Lipinski definition) is 1. The molecule has 2 unspecified atom stereocenters. The first kappa shape index (κ1) is 13.3. The molecular weight excluding hydrogens is 236 g/mol. The van der Waals surface area contributed by atoms with Crippen molar-refractivity contribution in [2.24, 2.45) is 0 Å². The smallest absolute Gasteiger partial charge is 0.311 e. The third-order valence-corrected chi connectivity index (χ3v) is 3.61. The highest BCUT2D eigenvalue weighted by Gasteiger charge is 2.28. The van der Waals surface area contributed by atoms with Crippen molar-refractivity contribution in [1.82, 2.24) is 0 Å². The van der Waals surface area contributed by atoms with E-state index in [-0.39, 0.29) is 5.92 Å². The van der Waals surface area contributed by atoms with E-state index < -0.39 is 11.9 Å². The topological polar surface area (TPSA) is 37.3 Å². The molecule has 0 heterocycles. The maximum atomic E-state index is 11.7. The molecule has 0 aromatic heterocycles. The van der Waals surface area contributed by atoms with Gasteiger partial charge in [-0.15, -0.1) is 0 Å². The molecular formula is C17H18O2. The SMILES string of the molecule is Cc1ccccc1C(C(=O)O)C(C)c1ccccc1. The van der Waals surface area contributed by atoms with Crippen LogP contribution in [0.1, 0.15) is 35.4 Å². The van der Waals surface area contributed by atoms with E-state index in [0.717, 1.165) is 16.7 Å². The van der Waals surface area contributed by atoms with E-state index in [1.807, 2.05) is 68.4 Å². The van der Waals surface area contributed by atoms with Crippen molar-refractivity contribution in [2.45, 2.75) is 25.7 Å². The summed E-state index contributed by atoms with van der Waals surface area (Å²) >= 11 is 0. The lowest BCUT2D eigenvalue weighted by atomic mass is 9.81. The van der Waals surface area contributed by atoms with Crippen LogP contribution < -0.4 is 0 Å². The second kappa shape index (κ2) is 5.70. The fourth-order valence-electron chi connectivity index (χ4n) is 2.50. The van der Waals surface area contributed by atoms with E-state index in [1.54, 1.807) is 0 Å².